The van der Waals surface area contributed by atoms with Gasteiger partial charge < -0.3 is 5.32 Å². The van der Waals surface area contributed by atoms with Gasteiger partial charge in [-0.2, -0.15) is 0 Å². The second-order valence-corrected chi connectivity index (χ2v) is 8.23. The van der Waals surface area contributed by atoms with Crippen LogP contribution in [0.15, 0.2) is 60.7 Å². The summed E-state index contributed by atoms with van der Waals surface area (Å²) in [5, 5.41) is 4.90. The molecule has 0 aliphatic carbocycles. The number of para-hydroxylation sites is 1. The highest BCUT2D eigenvalue weighted by molar-refractivity contribution is 6.34. The number of halogens is 2. The molecule has 0 aliphatic rings. The van der Waals surface area contributed by atoms with Gasteiger partial charge in [-0.15, -0.1) is 0 Å². The first kappa shape index (κ1) is 20.4. The van der Waals surface area contributed by atoms with Gasteiger partial charge in [-0.05, 0) is 62.2 Å². The van der Waals surface area contributed by atoms with Crippen molar-refractivity contribution in [2.45, 2.75) is 20.8 Å². The van der Waals surface area contributed by atoms with Crippen LogP contribution < -0.4 is 5.32 Å². The molecule has 1 aromatic heterocycles. The Morgan fingerprint density at radius 1 is 0.933 bits per heavy atom. The van der Waals surface area contributed by atoms with E-state index in [1.165, 1.54) is 0 Å². The van der Waals surface area contributed by atoms with Gasteiger partial charge in [0.1, 0.15) is 0 Å². The molecule has 0 aliphatic heterocycles. The smallest absolute Gasteiger partial charge is 0.256 e. The van der Waals surface area contributed by atoms with E-state index < -0.39 is 0 Å². The van der Waals surface area contributed by atoms with E-state index in [4.69, 9.17) is 28.2 Å². The third kappa shape index (κ3) is 3.79. The number of pyridine rings is 1. The molecule has 0 fully saturated rings. The largest absolute Gasteiger partial charge is 0.321 e. The molecule has 0 saturated carbocycles. The Labute approximate surface area is 185 Å². The van der Waals surface area contributed by atoms with Crippen molar-refractivity contribution in [3.63, 3.8) is 0 Å². The first-order valence-electron chi connectivity index (χ1n) is 9.58. The maximum absolute atomic E-state index is 13.5. The Morgan fingerprint density at radius 2 is 1.70 bits per heavy atom. The number of nitrogens with zero attached hydrogens (tertiary/aromatic N) is 1. The van der Waals surface area contributed by atoms with Crippen LogP contribution in [0.4, 0.5) is 5.69 Å². The number of carbonyl (C=O) groups excluding carboxylic acids is 1. The zero-order valence-electron chi connectivity index (χ0n) is 16.9. The quantitative estimate of drug-likeness (QED) is 0.365. The minimum Gasteiger partial charge on any atom is -0.321 e. The number of aromatic nitrogens is 1. The predicted molar refractivity (Wildman–Crippen MR) is 126 cm³/mol. The van der Waals surface area contributed by atoms with Crippen LogP contribution in [-0.4, -0.2) is 10.9 Å². The zero-order chi connectivity index (χ0) is 21.4. The fourth-order valence-electron chi connectivity index (χ4n) is 3.77. The number of benzene rings is 3. The first-order valence-corrected chi connectivity index (χ1v) is 10.3. The molecule has 0 saturated heterocycles. The average molecular weight is 435 g/mol. The Balaban J connectivity index is 1.98. The highest BCUT2D eigenvalue weighted by Gasteiger charge is 2.21. The molecule has 0 atom stereocenters. The lowest BCUT2D eigenvalue weighted by molar-refractivity contribution is 0.102. The van der Waals surface area contributed by atoms with Crippen molar-refractivity contribution in [1.29, 1.82) is 0 Å². The van der Waals surface area contributed by atoms with E-state index in [1.54, 1.807) is 12.1 Å². The lowest BCUT2D eigenvalue weighted by Crippen LogP contribution is -2.16. The lowest BCUT2D eigenvalue weighted by atomic mass is 9.94. The summed E-state index contributed by atoms with van der Waals surface area (Å²) in [5.74, 6) is -0.221. The van der Waals surface area contributed by atoms with Crippen LogP contribution >= 0.6 is 23.2 Å². The average Bonchev–Trinajstić information content (AvgIpc) is 2.69. The number of anilines is 1. The SMILES string of the molecule is Cc1cc(C)c2nc(-c3cccc(Cl)c3)c(C)c(C(=O)Nc3ccccc3Cl)c2c1. The molecule has 150 valence electrons. The van der Waals surface area contributed by atoms with Crippen molar-refractivity contribution in [3.8, 4) is 11.3 Å². The number of hydrogen-bond acceptors (Lipinski definition) is 2. The molecule has 3 aromatic carbocycles. The highest BCUT2D eigenvalue weighted by atomic mass is 35.5. The third-order valence-corrected chi connectivity index (χ3v) is 5.68. The summed E-state index contributed by atoms with van der Waals surface area (Å²) in [5.41, 5.74) is 6.44. The Morgan fingerprint density at radius 3 is 2.43 bits per heavy atom. The second-order valence-electron chi connectivity index (χ2n) is 7.38. The molecule has 0 radical (unpaired) electrons. The molecule has 4 rings (SSSR count). The lowest BCUT2D eigenvalue weighted by Gasteiger charge is -2.17. The van der Waals surface area contributed by atoms with Gasteiger partial charge in [0.2, 0.25) is 0 Å². The molecule has 1 amide bonds. The number of fused-ring (bicyclic) bond motifs is 1. The summed E-state index contributed by atoms with van der Waals surface area (Å²) in [6.45, 7) is 5.94. The Bertz CT molecular complexity index is 1300. The molecule has 1 N–H and O–H groups in total. The van der Waals surface area contributed by atoms with Crippen molar-refractivity contribution < 1.29 is 4.79 Å². The maximum Gasteiger partial charge on any atom is 0.256 e. The van der Waals surface area contributed by atoms with Crippen molar-refractivity contribution in [3.05, 3.63) is 93.0 Å². The normalized spacial score (nSPS) is 11.0. The van der Waals surface area contributed by atoms with E-state index in [9.17, 15) is 4.79 Å². The number of carbonyl (C=O) groups is 1. The fourth-order valence-corrected chi connectivity index (χ4v) is 4.15. The molecule has 1 heterocycles. The summed E-state index contributed by atoms with van der Waals surface area (Å²) in [6, 6.07) is 18.8. The number of hydrogen-bond donors (Lipinski definition) is 1. The van der Waals surface area contributed by atoms with Gasteiger partial charge in [0.15, 0.2) is 0 Å². The van der Waals surface area contributed by atoms with Gasteiger partial charge >= 0.3 is 0 Å². The molecule has 5 heteroatoms. The van der Waals surface area contributed by atoms with E-state index in [0.29, 0.717) is 21.3 Å². The standard InChI is InChI=1S/C25H20Cl2N2O/c1-14-11-15(2)23-19(12-14)22(25(30)28-21-10-5-4-9-20(21)27)16(3)24(29-23)17-7-6-8-18(26)13-17/h4-13H,1-3H3,(H,28,30). The summed E-state index contributed by atoms with van der Waals surface area (Å²) >= 11 is 12.5. The monoisotopic (exact) mass is 434 g/mol. The van der Waals surface area contributed by atoms with E-state index in [-0.39, 0.29) is 5.91 Å². The molecule has 3 nitrogen and oxygen atoms in total. The van der Waals surface area contributed by atoms with Crippen LogP contribution in [-0.2, 0) is 0 Å². The van der Waals surface area contributed by atoms with E-state index >= 15 is 0 Å². The molecule has 4 aromatic rings. The van der Waals surface area contributed by atoms with Crippen LogP contribution in [0.3, 0.4) is 0 Å². The summed E-state index contributed by atoms with van der Waals surface area (Å²) in [7, 11) is 0. The highest BCUT2D eigenvalue weighted by Crippen LogP contribution is 2.33. The van der Waals surface area contributed by atoms with Crippen LogP contribution in [0.5, 0.6) is 0 Å². The van der Waals surface area contributed by atoms with E-state index in [0.717, 1.165) is 38.9 Å². The maximum atomic E-state index is 13.5. The first-order chi connectivity index (χ1) is 14.3. The van der Waals surface area contributed by atoms with Crippen LogP contribution in [0.25, 0.3) is 22.2 Å². The number of rotatable bonds is 3. The van der Waals surface area contributed by atoms with E-state index in [1.807, 2.05) is 63.2 Å². The van der Waals surface area contributed by atoms with Crippen LogP contribution in [0, 0.1) is 20.8 Å². The minimum absolute atomic E-state index is 0.221. The fraction of sp³-hybridized carbons (Fsp3) is 0.120. The van der Waals surface area contributed by atoms with Gasteiger partial charge in [0.05, 0.1) is 27.5 Å². The number of nitrogens with one attached hydrogen (secondary N) is 1. The van der Waals surface area contributed by atoms with E-state index in [2.05, 4.69) is 11.4 Å². The third-order valence-electron chi connectivity index (χ3n) is 5.12. The van der Waals surface area contributed by atoms with Crippen LogP contribution in [0.2, 0.25) is 10.0 Å². The van der Waals surface area contributed by atoms with Gasteiger partial charge in [-0.1, -0.05) is 59.1 Å². The van der Waals surface area contributed by atoms with Crippen molar-refractivity contribution in [2.24, 2.45) is 0 Å². The van der Waals surface area contributed by atoms with Gasteiger partial charge in [0, 0.05) is 16.0 Å². The molecular formula is C25H20Cl2N2O. The summed E-state index contributed by atoms with van der Waals surface area (Å²) in [6.07, 6.45) is 0. The van der Waals surface area contributed by atoms with Gasteiger partial charge in [0.25, 0.3) is 5.91 Å². The van der Waals surface area contributed by atoms with Gasteiger partial charge in [-0.25, -0.2) is 4.98 Å². The molecular weight excluding hydrogens is 415 g/mol. The molecule has 0 bridgehead atoms. The van der Waals surface area contributed by atoms with Crippen LogP contribution in [0.1, 0.15) is 27.0 Å². The molecule has 0 spiro atoms. The van der Waals surface area contributed by atoms with Crippen molar-refractivity contribution >= 4 is 45.7 Å². The predicted octanol–water partition coefficient (Wildman–Crippen LogP) is 7.39. The van der Waals surface area contributed by atoms with Crippen molar-refractivity contribution in [2.75, 3.05) is 5.32 Å². The number of amides is 1. The minimum atomic E-state index is -0.221. The summed E-state index contributed by atoms with van der Waals surface area (Å²) in [4.78, 5) is 18.4. The Kier molecular flexibility index (Phi) is 5.50. The Hall–Kier alpha value is -2.88. The topological polar surface area (TPSA) is 42.0 Å². The molecule has 30 heavy (non-hydrogen) atoms. The molecule has 0 unspecified atom stereocenters. The van der Waals surface area contributed by atoms with Crippen molar-refractivity contribution in [1.82, 2.24) is 4.98 Å². The van der Waals surface area contributed by atoms with Gasteiger partial charge in [-0.3, -0.25) is 4.79 Å². The second kappa shape index (κ2) is 8.10. The summed E-state index contributed by atoms with van der Waals surface area (Å²) < 4.78 is 0. The number of aryl methyl sites for hydroxylation is 2. The zero-order valence-corrected chi connectivity index (χ0v) is 18.4.